The first-order valence-electron chi connectivity index (χ1n) is 5.22. The zero-order valence-electron chi connectivity index (χ0n) is 9.44. The van der Waals surface area contributed by atoms with Crippen LogP contribution in [0.15, 0.2) is 5.16 Å². The lowest BCUT2D eigenvalue weighted by Gasteiger charge is -2.27. The van der Waals surface area contributed by atoms with E-state index in [2.05, 4.69) is 5.16 Å². The number of amidine groups is 1. The first kappa shape index (κ1) is 14.6. The van der Waals surface area contributed by atoms with Crippen molar-refractivity contribution in [2.45, 2.75) is 19.0 Å². The Kier molecular flexibility index (Phi) is 4.05. The van der Waals surface area contributed by atoms with E-state index in [1.165, 1.54) is 0 Å². The molecule has 0 heterocycles. The maximum atomic E-state index is 12.3. The summed E-state index contributed by atoms with van der Waals surface area (Å²) in [6.45, 7) is -2.50. The lowest BCUT2D eigenvalue weighted by molar-refractivity contribution is -0.164. The number of nitrogens with two attached hydrogens (primary N) is 1. The zero-order chi connectivity index (χ0) is 14.0. The predicted molar refractivity (Wildman–Crippen MR) is 54.8 cm³/mol. The molecular weight excluding hydrogens is 255 g/mol. The van der Waals surface area contributed by atoms with Crippen LogP contribution in [0.2, 0.25) is 0 Å². The van der Waals surface area contributed by atoms with Crippen LogP contribution in [0, 0.1) is 5.41 Å². The van der Waals surface area contributed by atoms with Crippen LogP contribution < -0.4 is 5.73 Å². The van der Waals surface area contributed by atoms with Crippen LogP contribution >= 0.6 is 0 Å². The standard InChI is InChI=1S/C9H14F3N3O3/c10-9(11,12)5-15(3-4-16)7(17)8(1-2-8)6(13)14-18/h16,18H,1-5H2,(H2,13,14). The Labute approximate surface area is 101 Å². The Morgan fingerprint density at radius 3 is 2.33 bits per heavy atom. The highest BCUT2D eigenvalue weighted by Crippen LogP contribution is 2.47. The molecule has 1 fully saturated rings. The molecule has 0 unspecified atom stereocenters. The number of halogens is 3. The van der Waals surface area contributed by atoms with Crippen LogP contribution in [-0.2, 0) is 4.79 Å². The maximum Gasteiger partial charge on any atom is 0.406 e. The van der Waals surface area contributed by atoms with Gasteiger partial charge in [0.05, 0.1) is 6.61 Å². The van der Waals surface area contributed by atoms with Crippen LogP contribution in [0.5, 0.6) is 0 Å². The van der Waals surface area contributed by atoms with Crippen LogP contribution in [0.1, 0.15) is 12.8 Å². The Morgan fingerprint density at radius 1 is 1.44 bits per heavy atom. The van der Waals surface area contributed by atoms with Crippen molar-refractivity contribution in [2.75, 3.05) is 19.7 Å². The van der Waals surface area contributed by atoms with Crippen LogP contribution in [-0.4, -0.2) is 52.8 Å². The second kappa shape index (κ2) is 5.01. The average Bonchev–Trinajstić information content (AvgIpc) is 3.06. The molecule has 0 saturated heterocycles. The molecule has 0 aromatic heterocycles. The lowest BCUT2D eigenvalue weighted by Crippen LogP contribution is -2.48. The highest BCUT2D eigenvalue weighted by molar-refractivity contribution is 6.09. The summed E-state index contributed by atoms with van der Waals surface area (Å²) in [7, 11) is 0. The number of carbonyl (C=O) groups is 1. The third kappa shape index (κ3) is 3.03. The Bertz CT molecular complexity index is 353. The second-order valence-electron chi connectivity index (χ2n) is 4.13. The SMILES string of the molecule is NC(=NO)C1(C(=O)N(CCO)CC(F)(F)F)CC1. The summed E-state index contributed by atoms with van der Waals surface area (Å²) in [4.78, 5) is 12.4. The number of hydrogen-bond acceptors (Lipinski definition) is 4. The highest BCUT2D eigenvalue weighted by Gasteiger charge is 2.56. The molecule has 0 radical (unpaired) electrons. The summed E-state index contributed by atoms with van der Waals surface area (Å²) < 4.78 is 36.9. The van der Waals surface area contributed by atoms with Gasteiger partial charge in [0.2, 0.25) is 5.91 Å². The normalized spacial score (nSPS) is 18.6. The Balaban J connectivity index is 2.84. The van der Waals surface area contributed by atoms with Crippen LogP contribution in [0.25, 0.3) is 0 Å². The molecule has 6 nitrogen and oxygen atoms in total. The first-order valence-corrected chi connectivity index (χ1v) is 5.22. The number of hydrogen-bond donors (Lipinski definition) is 3. The number of aliphatic hydroxyl groups is 1. The molecule has 4 N–H and O–H groups in total. The van der Waals surface area contributed by atoms with Crippen LogP contribution in [0.3, 0.4) is 0 Å². The second-order valence-corrected chi connectivity index (χ2v) is 4.13. The van der Waals surface area contributed by atoms with Crippen molar-refractivity contribution in [3.8, 4) is 0 Å². The minimum Gasteiger partial charge on any atom is -0.409 e. The van der Waals surface area contributed by atoms with Gasteiger partial charge in [-0.1, -0.05) is 5.16 Å². The van der Waals surface area contributed by atoms with Gasteiger partial charge in [0.25, 0.3) is 0 Å². The first-order chi connectivity index (χ1) is 8.27. The third-order valence-corrected chi connectivity index (χ3v) is 2.78. The van der Waals surface area contributed by atoms with Crippen molar-refractivity contribution in [1.29, 1.82) is 0 Å². The number of nitrogens with zero attached hydrogens (tertiary/aromatic N) is 2. The average molecular weight is 269 g/mol. The summed E-state index contributed by atoms with van der Waals surface area (Å²) in [6.07, 6.45) is -4.09. The monoisotopic (exact) mass is 269 g/mol. The van der Waals surface area contributed by atoms with Crippen molar-refractivity contribution in [3.63, 3.8) is 0 Å². The van der Waals surface area contributed by atoms with E-state index in [1.807, 2.05) is 0 Å². The largest absolute Gasteiger partial charge is 0.409 e. The Morgan fingerprint density at radius 2 is 2.00 bits per heavy atom. The minimum absolute atomic E-state index is 0.238. The minimum atomic E-state index is -4.56. The fraction of sp³-hybridized carbons (Fsp3) is 0.778. The van der Waals surface area contributed by atoms with Crippen molar-refractivity contribution in [1.82, 2.24) is 4.90 Å². The molecule has 0 aliphatic heterocycles. The molecule has 104 valence electrons. The van der Waals surface area contributed by atoms with E-state index in [0.717, 1.165) is 0 Å². The molecule has 1 saturated carbocycles. The molecule has 18 heavy (non-hydrogen) atoms. The van der Waals surface area contributed by atoms with E-state index >= 15 is 0 Å². The van der Waals surface area contributed by atoms with Gasteiger partial charge in [-0.15, -0.1) is 0 Å². The van der Waals surface area contributed by atoms with Gasteiger partial charge in [0, 0.05) is 6.54 Å². The fourth-order valence-electron chi connectivity index (χ4n) is 1.69. The van der Waals surface area contributed by atoms with Gasteiger partial charge in [0.15, 0.2) is 5.84 Å². The lowest BCUT2D eigenvalue weighted by atomic mass is 10.0. The van der Waals surface area contributed by atoms with Gasteiger partial charge in [0.1, 0.15) is 12.0 Å². The molecule has 1 amide bonds. The van der Waals surface area contributed by atoms with E-state index in [0.29, 0.717) is 4.90 Å². The van der Waals surface area contributed by atoms with Gasteiger partial charge < -0.3 is 20.9 Å². The fourth-order valence-corrected chi connectivity index (χ4v) is 1.69. The topological polar surface area (TPSA) is 99.2 Å². The van der Waals surface area contributed by atoms with Crippen molar-refractivity contribution in [2.24, 2.45) is 16.3 Å². The molecular formula is C9H14F3N3O3. The quantitative estimate of drug-likeness (QED) is 0.281. The molecule has 1 rings (SSSR count). The van der Waals surface area contributed by atoms with Gasteiger partial charge in [-0.3, -0.25) is 4.79 Å². The molecule has 0 aromatic rings. The molecule has 0 aromatic carbocycles. The van der Waals surface area contributed by atoms with Gasteiger partial charge >= 0.3 is 6.18 Å². The van der Waals surface area contributed by atoms with E-state index in [9.17, 15) is 18.0 Å². The maximum absolute atomic E-state index is 12.3. The number of rotatable bonds is 5. The van der Waals surface area contributed by atoms with E-state index in [1.54, 1.807) is 0 Å². The van der Waals surface area contributed by atoms with Crippen LogP contribution in [0.4, 0.5) is 13.2 Å². The molecule has 0 bridgehead atoms. The summed E-state index contributed by atoms with van der Waals surface area (Å²) in [5.74, 6) is -1.26. The van der Waals surface area contributed by atoms with Gasteiger partial charge in [-0.25, -0.2) is 0 Å². The molecule has 0 spiro atoms. The van der Waals surface area contributed by atoms with E-state index in [-0.39, 0.29) is 12.8 Å². The number of alkyl halides is 3. The smallest absolute Gasteiger partial charge is 0.406 e. The summed E-state index contributed by atoms with van der Waals surface area (Å²) in [6, 6.07) is 0. The molecule has 1 aliphatic carbocycles. The number of aliphatic hydroxyl groups excluding tert-OH is 1. The predicted octanol–water partition coefficient (Wildman–Crippen LogP) is -0.104. The number of carbonyl (C=O) groups excluding carboxylic acids is 1. The van der Waals surface area contributed by atoms with Crippen molar-refractivity contribution < 1.29 is 28.3 Å². The molecule has 9 heteroatoms. The van der Waals surface area contributed by atoms with E-state index < -0.39 is 43.0 Å². The number of oxime groups is 1. The number of amides is 1. The van der Waals surface area contributed by atoms with Gasteiger partial charge in [-0.2, -0.15) is 13.2 Å². The third-order valence-electron chi connectivity index (χ3n) is 2.78. The highest BCUT2D eigenvalue weighted by atomic mass is 19.4. The molecule has 1 aliphatic rings. The molecule has 0 atom stereocenters. The van der Waals surface area contributed by atoms with E-state index in [4.69, 9.17) is 16.0 Å². The van der Waals surface area contributed by atoms with Gasteiger partial charge in [-0.05, 0) is 12.8 Å². The zero-order valence-corrected chi connectivity index (χ0v) is 9.44. The van der Waals surface area contributed by atoms with Crippen molar-refractivity contribution >= 4 is 11.7 Å². The summed E-state index contributed by atoms with van der Waals surface area (Å²) >= 11 is 0. The van der Waals surface area contributed by atoms with Crippen molar-refractivity contribution in [3.05, 3.63) is 0 Å². The Hall–Kier alpha value is -1.51. The summed E-state index contributed by atoms with van der Waals surface area (Å²) in [5, 5.41) is 19.9. The summed E-state index contributed by atoms with van der Waals surface area (Å²) in [5.41, 5.74) is 3.98.